The number of β-lactam (4-membered cyclic amide) rings is 1. The molecular weight excluding hydrogens is 533 g/mol. The number of likely N-dealkylation sites (tertiary alicyclic amines) is 1. The van der Waals surface area contributed by atoms with E-state index < -0.39 is 29.5 Å². The zero-order valence-corrected chi connectivity index (χ0v) is 25.9. The molecule has 1 amide bonds. The zero-order chi connectivity index (χ0) is 28.7. The van der Waals surface area contributed by atoms with Crippen molar-refractivity contribution in [2.24, 2.45) is 7.05 Å². The fourth-order valence-corrected chi connectivity index (χ4v) is 11.0. The van der Waals surface area contributed by atoms with Crippen LogP contribution in [-0.4, -0.2) is 51.3 Å². The molecule has 2 unspecified atom stereocenters. The maximum absolute atomic E-state index is 14.5. The largest absolute Gasteiger partial charge is 0.324 e. The maximum Gasteiger partial charge on any atom is 0.237 e. The number of amides is 1. The highest BCUT2D eigenvalue weighted by molar-refractivity contribution is 8.01. The maximum atomic E-state index is 14.5. The minimum Gasteiger partial charge on any atom is -0.324 e. The standard InChI is InChI=1S/C32H36N4O2SSi/c1-30(2,3)36-28(38)32(40(5)6,27(37)26-22-35(4)34-33-26)29(36)39-31(23-16-10-7-11-17-23,24-18-12-8-13-19-24)25-20-14-9-15-21-25/h7-22,29,40H,1-6H3. The number of aryl methyl sites for hydroxylation is 1. The lowest BCUT2D eigenvalue weighted by Gasteiger charge is -2.62. The molecule has 1 aromatic heterocycles. The van der Waals surface area contributed by atoms with Crippen LogP contribution in [0, 0.1) is 0 Å². The van der Waals surface area contributed by atoms with Gasteiger partial charge in [0.25, 0.3) is 0 Å². The summed E-state index contributed by atoms with van der Waals surface area (Å²) in [5.41, 5.74) is 3.05. The third-order valence-corrected chi connectivity index (χ3v) is 12.6. The molecule has 2 atom stereocenters. The number of carbonyl (C=O) groups excluding carboxylic acids is 2. The van der Waals surface area contributed by atoms with Crippen molar-refractivity contribution in [3.05, 3.63) is 120 Å². The quantitative estimate of drug-likeness (QED) is 0.0868. The van der Waals surface area contributed by atoms with Crippen LogP contribution in [0.2, 0.25) is 18.1 Å². The minimum atomic E-state index is -1.97. The normalized spacial score (nSPS) is 19.5. The van der Waals surface area contributed by atoms with Crippen LogP contribution in [0.4, 0.5) is 0 Å². The van der Waals surface area contributed by atoms with Gasteiger partial charge in [0.1, 0.15) is 10.7 Å². The van der Waals surface area contributed by atoms with Crippen molar-refractivity contribution in [1.29, 1.82) is 0 Å². The van der Waals surface area contributed by atoms with Crippen molar-refractivity contribution in [2.45, 2.75) is 54.6 Å². The van der Waals surface area contributed by atoms with Gasteiger partial charge < -0.3 is 4.90 Å². The van der Waals surface area contributed by atoms with Gasteiger partial charge in [-0.15, -0.1) is 16.9 Å². The van der Waals surface area contributed by atoms with Crippen molar-refractivity contribution in [3.63, 3.8) is 0 Å². The molecule has 40 heavy (non-hydrogen) atoms. The molecule has 0 radical (unpaired) electrons. The summed E-state index contributed by atoms with van der Waals surface area (Å²) in [5, 5.41) is 6.63. The first-order valence-corrected chi connectivity index (χ1v) is 17.4. The van der Waals surface area contributed by atoms with Crippen molar-refractivity contribution >= 4 is 32.2 Å². The molecule has 0 spiro atoms. The molecule has 1 fully saturated rings. The summed E-state index contributed by atoms with van der Waals surface area (Å²) in [6.45, 7) is 10.4. The molecule has 2 heterocycles. The molecule has 4 aromatic rings. The first-order valence-electron chi connectivity index (χ1n) is 13.6. The Bertz CT molecular complexity index is 1410. The van der Waals surface area contributed by atoms with Crippen LogP contribution in [-0.2, 0) is 16.6 Å². The van der Waals surface area contributed by atoms with Gasteiger partial charge in [0, 0.05) is 12.6 Å². The van der Waals surface area contributed by atoms with Gasteiger partial charge in [-0.2, -0.15) is 0 Å². The fraction of sp³-hybridized carbons (Fsp3) is 0.312. The first kappa shape index (κ1) is 28.1. The van der Waals surface area contributed by atoms with Crippen LogP contribution in [0.3, 0.4) is 0 Å². The molecule has 3 aromatic carbocycles. The number of rotatable bonds is 8. The Kier molecular flexibility index (Phi) is 7.35. The average Bonchev–Trinajstić information content (AvgIpc) is 3.38. The second kappa shape index (κ2) is 10.5. The fourth-order valence-electron chi connectivity index (χ4n) is 5.91. The van der Waals surface area contributed by atoms with Crippen molar-refractivity contribution in [3.8, 4) is 0 Å². The van der Waals surface area contributed by atoms with Gasteiger partial charge in [-0.25, -0.2) is 0 Å². The highest BCUT2D eigenvalue weighted by Gasteiger charge is 2.71. The highest BCUT2D eigenvalue weighted by Crippen LogP contribution is 2.63. The number of hydrogen-bond donors (Lipinski definition) is 0. The van der Waals surface area contributed by atoms with E-state index in [4.69, 9.17) is 0 Å². The predicted molar refractivity (Wildman–Crippen MR) is 164 cm³/mol. The van der Waals surface area contributed by atoms with Crippen LogP contribution in [0.1, 0.15) is 48.0 Å². The van der Waals surface area contributed by atoms with E-state index in [1.165, 1.54) is 4.68 Å². The summed E-state index contributed by atoms with van der Waals surface area (Å²) in [5.74, 6) is -0.314. The summed E-state index contributed by atoms with van der Waals surface area (Å²) < 4.78 is 0.841. The molecule has 8 heteroatoms. The van der Waals surface area contributed by atoms with E-state index in [1.54, 1.807) is 25.0 Å². The van der Waals surface area contributed by atoms with E-state index in [1.807, 2.05) is 43.9 Å². The smallest absolute Gasteiger partial charge is 0.237 e. The van der Waals surface area contributed by atoms with Gasteiger partial charge >= 0.3 is 0 Å². The third-order valence-electron chi connectivity index (χ3n) is 7.87. The lowest BCUT2D eigenvalue weighted by Crippen LogP contribution is -2.75. The summed E-state index contributed by atoms with van der Waals surface area (Å²) in [6.07, 6.45) is 1.63. The van der Waals surface area contributed by atoms with Crippen LogP contribution < -0.4 is 0 Å². The zero-order valence-electron chi connectivity index (χ0n) is 23.9. The van der Waals surface area contributed by atoms with E-state index in [0.29, 0.717) is 0 Å². The summed E-state index contributed by atoms with van der Waals surface area (Å²) in [7, 11) is -0.227. The predicted octanol–water partition coefficient (Wildman–Crippen LogP) is 5.92. The van der Waals surface area contributed by atoms with E-state index in [2.05, 4.69) is 96.2 Å². The Balaban J connectivity index is 1.80. The van der Waals surface area contributed by atoms with Gasteiger partial charge in [-0.3, -0.25) is 14.3 Å². The number of benzene rings is 3. The monoisotopic (exact) mass is 568 g/mol. The van der Waals surface area contributed by atoms with Crippen molar-refractivity contribution in [1.82, 2.24) is 19.9 Å². The van der Waals surface area contributed by atoms with Crippen molar-refractivity contribution < 1.29 is 9.59 Å². The summed E-state index contributed by atoms with van der Waals surface area (Å²) in [6, 6.07) is 31.3. The van der Waals surface area contributed by atoms with Gasteiger partial charge in [0.15, 0.2) is 5.78 Å². The molecule has 0 N–H and O–H groups in total. The molecule has 1 saturated heterocycles. The van der Waals surface area contributed by atoms with Crippen molar-refractivity contribution in [2.75, 3.05) is 0 Å². The lowest BCUT2D eigenvalue weighted by atomic mass is 9.83. The van der Waals surface area contributed by atoms with Crippen LogP contribution in [0.5, 0.6) is 0 Å². The summed E-state index contributed by atoms with van der Waals surface area (Å²) >= 11 is 1.71. The topological polar surface area (TPSA) is 68.1 Å². The number of thioether (sulfide) groups is 1. The second-order valence-corrected chi connectivity index (χ2v) is 16.2. The van der Waals surface area contributed by atoms with E-state index in [9.17, 15) is 9.59 Å². The molecule has 1 aliphatic heterocycles. The Morgan fingerprint density at radius 2 is 1.30 bits per heavy atom. The molecule has 0 aliphatic carbocycles. The Labute approximate surface area is 242 Å². The Hall–Kier alpha value is -3.49. The number of nitrogens with zero attached hydrogens (tertiary/aromatic N) is 4. The van der Waals surface area contributed by atoms with Crippen LogP contribution in [0.25, 0.3) is 0 Å². The van der Waals surface area contributed by atoms with Gasteiger partial charge in [0.2, 0.25) is 5.91 Å². The van der Waals surface area contributed by atoms with Gasteiger partial charge in [-0.1, -0.05) is 109 Å². The van der Waals surface area contributed by atoms with E-state index in [-0.39, 0.29) is 17.4 Å². The number of ketones is 1. The lowest BCUT2D eigenvalue weighted by molar-refractivity contribution is -0.153. The molecule has 6 nitrogen and oxygen atoms in total. The first-order chi connectivity index (χ1) is 19.0. The van der Waals surface area contributed by atoms with E-state index in [0.717, 1.165) is 16.7 Å². The number of carbonyl (C=O) groups is 2. The number of Topliss-reactive ketones (excluding diaryl/α,β-unsaturated/α-hetero) is 1. The molecule has 1 aliphatic rings. The number of hydrogen-bond acceptors (Lipinski definition) is 5. The average molecular weight is 569 g/mol. The third kappa shape index (κ3) is 4.34. The van der Waals surface area contributed by atoms with Crippen LogP contribution in [0.15, 0.2) is 97.2 Å². The van der Waals surface area contributed by atoms with Gasteiger partial charge in [0.05, 0.1) is 25.1 Å². The summed E-state index contributed by atoms with van der Waals surface area (Å²) in [4.78, 5) is 30.8. The SMILES string of the molecule is Cn1cc(C(=O)C2([SiH](C)C)C(=O)N(C(C)(C)C)C2SC(c2ccccc2)(c2ccccc2)c2ccccc2)nn1. The molecule has 5 rings (SSSR count). The highest BCUT2D eigenvalue weighted by atomic mass is 32.2. The molecule has 0 bridgehead atoms. The molecule has 206 valence electrons. The Morgan fingerprint density at radius 1 is 0.850 bits per heavy atom. The number of aromatic nitrogens is 3. The second-order valence-electron chi connectivity index (χ2n) is 11.7. The molecule has 0 saturated carbocycles. The van der Waals surface area contributed by atoms with E-state index >= 15 is 0 Å². The minimum absolute atomic E-state index is 0.0992. The molecular formula is C32H36N4O2SSi. The van der Waals surface area contributed by atoms with Gasteiger partial charge in [-0.05, 0) is 37.5 Å². The Morgan fingerprint density at radius 3 is 1.65 bits per heavy atom. The van der Waals surface area contributed by atoms with Crippen LogP contribution >= 0.6 is 11.8 Å².